The van der Waals surface area contributed by atoms with Gasteiger partial charge in [0.1, 0.15) is 42.0 Å². The molecule has 49 heavy (non-hydrogen) atoms. The maximum atomic E-state index is 12.9. The van der Waals surface area contributed by atoms with Crippen LogP contribution in [0.1, 0.15) is 69.2 Å². The summed E-state index contributed by atoms with van der Waals surface area (Å²) < 4.78 is 52.1. The predicted molar refractivity (Wildman–Crippen MR) is 155 cm³/mol. The number of ether oxygens (including phenoxy) is 9. The fraction of sp³-hybridized carbons (Fsp3) is 0.742. The summed E-state index contributed by atoms with van der Waals surface area (Å²) in [5, 5.41) is 12.9. The standard InChI is InChI=1S/C31H42O18/c1-13(32)41-11-28(9)21-22(43-15(3)34)26(47-19(7)38)30(12-42-14(2)33)27(48-20(8)39)23(44-16(4)35)25(46-18(6)37)29(10,40)31(30,49-28)24(21)45-17(5)36/h21-27,40H,11-12H2,1-10H3/t21-,22-,23+,24-,25+,26-,27+,28+,29-,30-,31+/m1/s1. The van der Waals surface area contributed by atoms with Crippen LogP contribution in [0, 0.1) is 11.3 Å². The third kappa shape index (κ3) is 6.79. The summed E-state index contributed by atoms with van der Waals surface area (Å²) >= 11 is 0. The van der Waals surface area contributed by atoms with Crippen LogP contribution in [0.2, 0.25) is 0 Å². The van der Waals surface area contributed by atoms with Gasteiger partial charge in [0.15, 0.2) is 30.0 Å². The molecule has 1 spiro atoms. The number of fused-ring (bicyclic) bond motifs is 1. The highest BCUT2D eigenvalue weighted by atomic mass is 16.7. The fourth-order valence-electron chi connectivity index (χ4n) is 7.76. The highest BCUT2D eigenvalue weighted by Gasteiger charge is 2.91. The van der Waals surface area contributed by atoms with Crippen molar-refractivity contribution in [2.45, 2.75) is 123 Å². The second-order valence-corrected chi connectivity index (χ2v) is 12.7. The molecule has 2 saturated carbocycles. The Morgan fingerprint density at radius 2 is 0.878 bits per heavy atom. The van der Waals surface area contributed by atoms with Crippen molar-refractivity contribution in [3.05, 3.63) is 0 Å². The molecule has 0 aromatic heterocycles. The summed E-state index contributed by atoms with van der Waals surface area (Å²) in [5.74, 6) is -9.38. The molecule has 0 amide bonds. The summed E-state index contributed by atoms with van der Waals surface area (Å²) in [6.07, 6.45) is -11.6. The average molecular weight is 703 g/mol. The second-order valence-electron chi connectivity index (χ2n) is 12.7. The van der Waals surface area contributed by atoms with E-state index >= 15 is 0 Å². The minimum Gasteiger partial charge on any atom is -0.465 e. The Hall–Kier alpha value is -4.32. The maximum Gasteiger partial charge on any atom is 0.303 e. The van der Waals surface area contributed by atoms with E-state index in [2.05, 4.69) is 0 Å². The zero-order valence-electron chi connectivity index (χ0n) is 28.8. The molecule has 274 valence electrons. The number of carbonyl (C=O) groups excluding carboxylic acids is 8. The van der Waals surface area contributed by atoms with Gasteiger partial charge in [0, 0.05) is 55.4 Å². The van der Waals surface area contributed by atoms with Crippen LogP contribution >= 0.6 is 0 Å². The summed E-state index contributed by atoms with van der Waals surface area (Å²) in [4.78, 5) is 101. The Bertz CT molecular complexity index is 1400. The first-order chi connectivity index (χ1) is 22.5. The number of esters is 8. The highest BCUT2D eigenvalue weighted by molar-refractivity contribution is 5.71. The Balaban J connectivity index is 2.72. The average Bonchev–Trinajstić information content (AvgIpc) is 3.14. The SMILES string of the molecule is CC(=O)OC[C@]12[C@H](OC(C)=O)[C@H](OC(C)=O)[C@@H]3[C@@H](OC(C)=O)[C@]1(O[C@@]3(C)COC(C)=O)[C@](C)(O)[C@@H](OC(C)=O)[C@H](OC(C)=O)[C@@H]2OC(C)=O. The maximum absolute atomic E-state index is 12.9. The number of hydrogen-bond donors (Lipinski definition) is 1. The number of hydrogen-bond acceptors (Lipinski definition) is 18. The van der Waals surface area contributed by atoms with Gasteiger partial charge in [-0.2, -0.15) is 0 Å². The van der Waals surface area contributed by atoms with Crippen LogP contribution in [0.15, 0.2) is 0 Å². The van der Waals surface area contributed by atoms with E-state index in [1.165, 1.54) is 6.92 Å². The first kappa shape index (κ1) is 39.1. The van der Waals surface area contributed by atoms with Crippen LogP contribution in [-0.4, -0.2) is 120 Å². The monoisotopic (exact) mass is 702 g/mol. The molecule has 18 nitrogen and oxygen atoms in total. The molecule has 0 radical (unpaired) electrons. The molecule has 3 aliphatic rings. The molecule has 0 aromatic carbocycles. The minimum absolute atomic E-state index is 0.666. The predicted octanol–water partition coefficient (Wildman–Crippen LogP) is -0.389. The third-order valence-corrected chi connectivity index (χ3v) is 8.94. The zero-order valence-corrected chi connectivity index (χ0v) is 28.8. The summed E-state index contributed by atoms with van der Waals surface area (Å²) in [5.41, 5.74) is -9.92. The van der Waals surface area contributed by atoms with E-state index in [0.29, 0.717) is 0 Å². The molecule has 3 fully saturated rings. The first-order valence-electron chi connectivity index (χ1n) is 15.2. The lowest BCUT2D eigenvalue weighted by Crippen LogP contribution is -2.89. The molecule has 2 aliphatic carbocycles. The van der Waals surface area contributed by atoms with E-state index in [4.69, 9.17) is 42.6 Å². The summed E-state index contributed by atoms with van der Waals surface area (Å²) in [7, 11) is 0. The molecule has 11 atom stereocenters. The largest absolute Gasteiger partial charge is 0.465 e. The minimum atomic E-state index is -2.75. The van der Waals surface area contributed by atoms with E-state index in [1.54, 1.807) is 0 Å². The topological polar surface area (TPSA) is 240 Å². The Kier molecular flexibility index (Phi) is 11.1. The highest BCUT2D eigenvalue weighted by Crippen LogP contribution is 2.70. The van der Waals surface area contributed by atoms with Crippen molar-refractivity contribution in [1.29, 1.82) is 0 Å². The molecule has 0 unspecified atom stereocenters. The third-order valence-electron chi connectivity index (χ3n) is 8.94. The number of rotatable bonds is 10. The van der Waals surface area contributed by atoms with Crippen LogP contribution in [0.4, 0.5) is 0 Å². The molecule has 2 bridgehead atoms. The van der Waals surface area contributed by atoms with Crippen molar-refractivity contribution >= 4 is 47.8 Å². The van der Waals surface area contributed by atoms with E-state index in [0.717, 1.165) is 62.3 Å². The van der Waals surface area contributed by atoms with Crippen molar-refractivity contribution in [2.75, 3.05) is 13.2 Å². The molecule has 18 heteroatoms. The fourth-order valence-corrected chi connectivity index (χ4v) is 7.76. The number of aliphatic hydroxyl groups is 1. The van der Waals surface area contributed by atoms with Gasteiger partial charge in [-0.25, -0.2) is 0 Å². The number of carbonyl (C=O) groups is 8. The van der Waals surface area contributed by atoms with E-state index in [9.17, 15) is 43.5 Å². The Morgan fingerprint density at radius 3 is 1.31 bits per heavy atom. The van der Waals surface area contributed by atoms with Gasteiger partial charge in [-0.05, 0) is 13.8 Å². The van der Waals surface area contributed by atoms with Gasteiger partial charge in [-0.1, -0.05) is 0 Å². The first-order valence-corrected chi connectivity index (χ1v) is 15.2. The Morgan fingerprint density at radius 1 is 0.510 bits per heavy atom. The van der Waals surface area contributed by atoms with Crippen molar-refractivity contribution in [2.24, 2.45) is 11.3 Å². The normalized spacial score (nSPS) is 37.3. The second kappa shape index (κ2) is 13.9. The van der Waals surface area contributed by atoms with Gasteiger partial charge >= 0.3 is 47.8 Å². The lowest BCUT2D eigenvalue weighted by atomic mass is 9.45. The van der Waals surface area contributed by atoms with Crippen molar-refractivity contribution < 1.29 is 86.1 Å². The van der Waals surface area contributed by atoms with E-state index in [-0.39, 0.29) is 0 Å². The molecular weight excluding hydrogens is 660 g/mol. The molecule has 1 saturated heterocycles. The van der Waals surface area contributed by atoms with Crippen LogP contribution in [0.25, 0.3) is 0 Å². The molecule has 1 heterocycles. The van der Waals surface area contributed by atoms with Crippen molar-refractivity contribution in [3.63, 3.8) is 0 Å². The van der Waals surface area contributed by atoms with Gasteiger partial charge in [0.2, 0.25) is 0 Å². The quantitative estimate of drug-likeness (QED) is 0.225. The van der Waals surface area contributed by atoms with Crippen LogP contribution in [-0.2, 0) is 81.0 Å². The smallest absolute Gasteiger partial charge is 0.303 e. The van der Waals surface area contributed by atoms with Gasteiger partial charge in [0.05, 0.1) is 5.92 Å². The van der Waals surface area contributed by atoms with Crippen LogP contribution < -0.4 is 0 Å². The summed E-state index contributed by atoms with van der Waals surface area (Å²) in [6.45, 7) is 8.65. The van der Waals surface area contributed by atoms with E-state index in [1.807, 2.05) is 0 Å². The molecule has 1 aliphatic heterocycles. The lowest BCUT2D eigenvalue weighted by molar-refractivity contribution is -0.386. The molecule has 3 rings (SSSR count). The van der Waals surface area contributed by atoms with Gasteiger partial charge < -0.3 is 47.7 Å². The van der Waals surface area contributed by atoms with Gasteiger partial charge in [-0.15, -0.1) is 0 Å². The summed E-state index contributed by atoms with van der Waals surface area (Å²) in [6, 6.07) is 0. The van der Waals surface area contributed by atoms with Crippen LogP contribution in [0.3, 0.4) is 0 Å². The van der Waals surface area contributed by atoms with Crippen molar-refractivity contribution in [3.8, 4) is 0 Å². The van der Waals surface area contributed by atoms with E-state index < -0.39 is 126 Å². The van der Waals surface area contributed by atoms with Gasteiger partial charge in [0.25, 0.3) is 0 Å². The Labute approximate surface area is 281 Å². The molecule has 0 aromatic rings. The zero-order chi connectivity index (χ0) is 37.4. The molecular formula is C31H42O18. The lowest BCUT2D eigenvalue weighted by Gasteiger charge is -2.67. The van der Waals surface area contributed by atoms with Crippen molar-refractivity contribution in [1.82, 2.24) is 0 Å². The molecule has 1 N–H and O–H groups in total. The van der Waals surface area contributed by atoms with Crippen LogP contribution in [0.5, 0.6) is 0 Å². The van der Waals surface area contributed by atoms with Gasteiger partial charge in [-0.3, -0.25) is 38.4 Å².